The number of phenols is 1. The number of carbonyl (C=O) groups excluding carboxylic acids is 1. The van der Waals surface area contributed by atoms with E-state index in [1.54, 1.807) is 30.8 Å². The lowest BCUT2D eigenvalue weighted by molar-refractivity contribution is 0.103. The van der Waals surface area contributed by atoms with E-state index >= 15 is 0 Å². The second-order valence-corrected chi connectivity index (χ2v) is 5.36. The molecule has 0 aliphatic carbocycles. The van der Waals surface area contributed by atoms with Crippen LogP contribution in [0.1, 0.15) is 22.8 Å². The maximum absolute atomic E-state index is 12.2. The molecule has 0 heterocycles. The number of hydrogen-bond acceptors (Lipinski definition) is 3. The van der Waals surface area contributed by atoms with Gasteiger partial charge >= 0.3 is 0 Å². The number of phenolic OH excluding ortho intramolecular Hbond substituents is 1. The molecule has 102 valence electrons. The summed E-state index contributed by atoms with van der Waals surface area (Å²) in [6, 6.07) is 14.4. The number of carbonyl (C=O) groups is 1. The van der Waals surface area contributed by atoms with Gasteiger partial charge in [-0.15, -0.1) is 11.8 Å². The summed E-state index contributed by atoms with van der Waals surface area (Å²) in [5.41, 5.74) is 2.26. The van der Waals surface area contributed by atoms with E-state index in [0.29, 0.717) is 11.1 Å². The zero-order valence-corrected chi connectivity index (χ0v) is 12.3. The van der Waals surface area contributed by atoms with Gasteiger partial charge in [-0.3, -0.25) is 4.79 Å². The number of ketones is 1. The van der Waals surface area contributed by atoms with Crippen LogP contribution in [0.2, 0.25) is 0 Å². The van der Waals surface area contributed by atoms with Gasteiger partial charge in [0.1, 0.15) is 5.75 Å². The molecule has 2 aromatic carbocycles. The van der Waals surface area contributed by atoms with E-state index in [-0.39, 0.29) is 11.5 Å². The van der Waals surface area contributed by atoms with Crippen molar-refractivity contribution in [3.63, 3.8) is 0 Å². The van der Waals surface area contributed by atoms with Gasteiger partial charge in [0.25, 0.3) is 0 Å². The number of hydrogen-bond donors (Lipinski definition) is 1. The van der Waals surface area contributed by atoms with Gasteiger partial charge in [-0.1, -0.05) is 12.1 Å². The highest BCUT2D eigenvalue weighted by Gasteiger charge is 2.07. The third-order valence-corrected chi connectivity index (χ3v) is 3.73. The predicted molar refractivity (Wildman–Crippen MR) is 84.3 cm³/mol. The van der Waals surface area contributed by atoms with Crippen molar-refractivity contribution < 1.29 is 9.90 Å². The number of allylic oxidation sites excluding steroid dienone is 1. The van der Waals surface area contributed by atoms with Crippen LogP contribution < -0.4 is 0 Å². The molecule has 0 bridgehead atoms. The molecule has 3 heteroatoms. The lowest BCUT2D eigenvalue weighted by atomic mass is 10.0. The molecule has 0 saturated heterocycles. The quantitative estimate of drug-likeness (QED) is 0.513. The molecule has 1 N–H and O–H groups in total. The molecule has 0 fully saturated rings. The van der Waals surface area contributed by atoms with Gasteiger partial charge in [0.15, 0.2) is 5.78 Å². The van der Waals surface area contributed by atoms with Gasteiger partial charge < -0.3 is 5.11 Å². The summed E-state index contributed by atoms with van der Waals surface area (Å²) >= 11 is 1.69. The lowest BCUT2D eigenvalue weighted by Crippen LogP contribution is -1.99. The van der Waals surface area contributed by atoms with Gasteiger partial charge in [0.05, 0.1) is 0 Å². The molecule has 0 aliphatic heterocycles. The molecule has 0 saturated carbocycles. The largest absolute Gasteiger partial charge is 0.508 e. The Morgan fingerprint density at radius 1 is 1.05 bits per heavy atom. The van der Waals surface area contributed by atoms with Crippen LogP contribution in [0.5, 0.6) is 5.75 Å². The summed E-state index contributed by atoms with van der Waals surface area (Å²) < 4.78 is 0. The van der Waals surface area contributed by atoms with Gasteiger partial charge in [-0.05, 0) is 66.8 Å². The molecule has 0 amide bonds. The van der Waals surface area contributed by atoms with E-state index in [2.05, 4.69) is 0 Å². The van der Waals surface area contributed by atoms with E-state index in [0.717, 1.165) is 5.56 Å². The minimum absolute atomic E-state index is 0.0288. The van der Waals surface area contributed by atoms with Gasteiger partial charge in [-0.25, -0.2) is 0 Å². The molecule has 0 spiro atoms. The van der Waals surface area contributed by atoms with Crippen LogP contribution in [0.25, 0.3) is 6.08 Å². The topological polar surface area (TPSA) is 37.3 Å². The highest BCUT2D eigenvalue weighted by atomic mass is 32.2. The van der Waals surface area contributed by atoms with Crippen molar-refractivity contribution >= 4 is 23.6 Å². The summed E-state index contributed by atoms with van der Waals surface area (Å²) in [7, 11) is 0. The maximum Gasteiger partial charge on any atom is 0.188 e. The Labute approximate surface area is 123 Å². The van der Waals surface area contributed by atoms with Crippen LogP contribution >= 0.6 is 11.8 Å². The number of aromatic hydroxyl groups is 1. The molecule has 0 unspecified atom stereocenters. The first kappa shape index (κ1) is 14.4. The fourth-order valence-corrected chi connectivity index (χ4v) is 2.26. The van der Waals surface area contributed by atoms with Crippen LogP contribution in [-0.2, 0) is 0 Å². The molecule has 2 nitrogen and oxygen atoms in total. The number of Topliss-reactive ketones (excluding diaryl/α,β-unsaturated/α-hetero) is 1. The predicted octanol–water partition coefficient (Wildman–Crippen LogP) is 4.40. The molecule has 2 aromatic rings. The van der Waals surface area contributed by atoms with Crippen molar-refractivity contribution in [1.29, 1.82) is 0 Å². The van der Waals surface area contributed by atoms with Crippen molar-refractivity contribution in [3.8, 4) is 5.75 Å². The first-order valence-corrected chi connectivity index (χ1v) is 7.48. The molecular formula is C17H16O2S. The van der Waals surface area contributed by atoms with E-state index in [1.165, 1.54) is 17.0 Å². The summed E-state index contributed by atoms with van der Waals surface area (Å²) in [5.74, 6) is 0.134. The monoisotopic (exact) mass is 284 g/mol. The van der Waals surface area contributed by atoms with Crippen molar-refractivity contribution in [2.75, 3.05) is 6.26 Å². The molecule has 0 aliphatic rings. The lowest BCUT2D eigenvalue weighted by Gasteiger charge is -2.03. The normalized spacial score (nSPS) is 11.4. The van der Waals surface area contributed by atoms with Crippen LogP contribution in [-0.4, -0.2) is 17.1 Å². The fourth-order valence-electron chi connectivity index (χ4n) is 1.86. The Balaban J connectivity index is 2.20. The van der Waals surface area contributed by atoms with Gasteiger partial charge in [-0.2, -0.15) is 0 Å². The third kappa shape index (κ3) is 3.52. The standard InChI is InChI=1S/C17H16O2S/c1-12(11-13-3-9-16(20-2)10-4-13)17(19)14-5-7-15(18)8-6-14/h3-11,18H,1-2H3/b12-11-. The van der Waals surface area contributed by atoms with E-state index in [4.69, 9.17) is 0 Å². The minimum atomic E-state index is -0.0288. The summed E-state index contributed by atoms with van der Waals surface area (Å²) in [6.07, 6.45) is 3.91. The minimum Gasteiger partial charge on any atom is -0.508 e. The first-order valence-electron chi connectivity index (χ1n) is 6.26. The number of rotatable bonds is 4. The highest BCUT2D eigenvalue weighted by Crippen LogP contribution is 2.18. The van der Waals surface area contributed by atoms with E-state index < -0.39 is 0 Å². The zero-order chi connectivity index (χ0) is 14.5. The smallest absolute Gasteiger partial charge is 0.188 e. The van der Waals surface area contributed by atoms with Gasteiger partial charge in [0, 0.05) is 10.5 Å². The Hall–Kier alpha value is -2.00. The average Bonchev–Trinajstić information content (AvgIpc) is 2.48. The molecule has 2 rings (SSSR count). The average molecular weight is 284 g/mol. The van der Waals surface area contributed by atoms with Crippen molar-refractivity contribution in [2.24, 2.45) is 0 Å². The van der Waals surface area contributed by atoms with Gasteiger partial charge in [0.2, 0.25) is 0 Å². The summed E-state index contributed by atoms with van der Waals surface area (Å²) in [6.45, 7) is 1.80. The third-order valence-electron chi connectivity index (χ3n) is 2.99. The van der Waals surface area contributed by atoms with Crippen LogP contribution in [0.4, 0.5) is 0 Å². The summed E-state index contributed by atoms with van der Waals surface area (Å²) in [4.78, 5) is 13.4. The molecule has 20 heavy (non-hydrogen) atoms. The summed E-state index contributed by atoms with van der Waals surface area (Å²) in [5, 5.41) is 9.23. The van der Waals surface area contributed by atoms with Crippen molar-refractivity contribution in [2.45, 2.75) is 11.8 Å². The Bertz CT molecular complexity index is 625. The fraction of sp³-hybridized carbons (Fsp3) is 0.118. The second-order valence-electron chi connectivity index (χ2n) is 4.48. The highest BCUT2D eigenvalue weighted by molar-refractivity contribution is 7.98. The first-order chi connectivity index (χ1) is 9.60. The number of benzene rings is 2. The SMILES string of the molecule is CSc1ccc(/C=C(/C)C(=O)c2ccc(O)cc2)cc1. The Kier molecular flexibility index (Phi) is 4.64. The van der Waals surface area contributed by atoms with Crippen LogP contribution in [0, 0.1) is 0 Å². The van der Waals surface area contributed by atoms with E-state index in [1.807, 2.05) is 36.6 Å². The Morgan fingerprint density at radius 3 is 2.20 bits per heavy atom. The zero-order valence-electron chi connectivity index (χ0n) is 11.5. The van der Waals surface area contributed by atoms with E-state index in [9.17, 15) is 9.90 Å². The second kappa shape index (κ2) is 6.44. The molecular weight excluding hydrogens is 268 g/mol. The molecule has 0 radical (unpaired) electrons. The van der Waals surface area contributed by atoms with Crippen molar-refractivity contribution in [1.82, 2.24) is 0 Å². The number of thioether (sulfide) groups is 1. The maximum atomic E-state index is 12.2. The molecule has 0 aromatic heterocycles. The Morgan fingerprint density at radius 2 is 1.65 bits per heavy atom. The van der Waals surface area contributed by atoms with Crippen LogP contribution in [0.15, 0.2) is 59.0 Å². The molecule has 0 atom stereocenters. The van der Waals surface area contributed by atoms with Crippen molar-refractivity contribution in [3.05, 3.63) is 65.2 Å². The van der Waals surface area contributed by atoms with Crippen LogP contribution in [0.3, 0.4) is 0 Å².